The van der Waals surface area contributed by atoms with E-state index in [2.05, 4.69) is 35.0 Å². The molecule has 5 rings (SSSR count). The van der Waals surface area contributed by atoms with Gasteiger partial charge in [-0.25, -0.2) is 9.98 Å². The molecule has 1 aromatic heterocycles. The number of rotatable bonds is 2. The second kappa shape index (κ2) is 7.32. The second-order valence-electron chi connectivity index (χ2n) is 8.94. The molecule has 2 N–H and O–H groups in total. The van der Waals surface area contributed by atoms with E-state index in [1.165, 1.54) is 11.1 Å². The summed E-state index contributed by atoms with van der Waals surface area (Å²) in [7, 11) is 1.81. The van der Waals surface area contributed by atoms with Gasteiger partial charge in [-0.15, -0.1) is 0 Å². The van der Waals surface area contributed by atoms with E-state index in [0.717, 1.165) is 54.6 Å². The first kappa shape index (κ1) is 20.0. The lowest BCUT2D eigenvalue weighted by Gasteiger charge is -2.44. The Hall–Kier alpha value is -2.97. The third-order valence-electron chi connectivity index (χ3n) is 7.31. The minimum atomic E-state index is -0.621. The van der Waals surface area contributed by atoms with Crippen molar-refractivity contribution in [1.82, 2.24) is 4.98 Å². The van der Waals surface area contributed by atoms with E-state index >= 15 is 0 Å². The first-order valence-electron chi connectivity index (χ1n) is 11.0. The molecule has 1 fully saturated rings. The summed E-state index contributed by atoms with van der Waals surface area (Å²) in [5.74, 6) is 6.55. The van der Waals surface area contributed by atoms with Crippen LogP contribution >= 0.6 is 0 Å². The van der Waals surface area contributed by atoms with E-state index in [-0.39, 0.29) is 5.41 Å². The molecular weight excluding hydrogens is 384 g/mol. The van der Waals surface area contributed by atoms with Gasteiger partial charge in [-0.3, -0.25) is 4.99 Å². The predicted octanol–water partition coefficient (Wildman–Crippen LogP) is 4.24. The minimum Gasteiger partial charge on any atom is -0.382 e. The van der Waals surface area contributed by atoms with Gasteiger partial charge >= 0.3 is 0 Å². The van der Waals surface area contributed by atoms with Gasteiger partial charge in [-0.2, -0.15) is 0 Å². The maximum Gasteiger partial charge on any atom is 0.184 e. The summed E-state index contributed by atoms with van der Waals surface area (Å²) in [6.07, 6.45) is 7.27. The van der Waals surface area contributed by atoms with Crippen LogP contribution in [0.1, 0.15) is 56.4 Å². The largest absolute Gasteiger partial charge is 0.382 e. The third-order valence-corrected chi connectivity index (χ3v) is 7.31. The molecular formula is C26H28N4O. The Morgan fingerprint density at radius 3 is 2.55 bits per heavy atom. The quantitative estimate of drug-likeness (QED) is 0.750. The zero-order valence-electron chi connectivity index (χ0n) is 18.4. The average molecular weight is 413 g/mol. The number of aromatic nitrogens is 1. The average Bonchev–Trinajstić information content (AvgIpc) is 3.22. The van der Waals surface area contributed by atoms with Crippen molar-refractivity contribution in [1.29, 1.82) is 0 Å². The highest BCUT2D eigenvalue weighted by atomic mass is 16.5. The van der Waals surface area contributed by atoms with Crippen molar-refractivity contribution in [3.8, 4) is 23.0 Å². The molecule has 2 aliphatic carbocycles. The normalized spacial score (nSPS) is 28.8. The monoisotopic (exact) mass is 412 g/mol. The number of benzene rings is 1. The van der Waals surface area contributed by atoms with Crippen molar-refractivity contribution in [3.05, 3.63) is 53.3 Å². The fraction of sp³-hybridized carbons (Fsp3) is 0.423. The van der Waals surface area contributed by atoms with Gasteiger partial charge < -0.3 is 10.5 Å². The SMILES string of the molecule is CC#Cc1cc(-c2ccc3c(c2)C2(N=C(C)C(N)=N2)C2(CCC(OC)CC2)C3)ccn1. The summed E-state index contributed by atoms with van der Waals surface area (Å²) in [6.45, 7) is 3.80. The third kappa shape index (κ3) is 3.01. The van der Waals surface area contributed by atoms with Crippen LogP contribution in [0, 0.1) is 17.3 Å². The topological polar surface area (TPSA) is 72.9 Å². The summed E-state index contributed by atoms with van der Waals surface area (Å²) in [5.41, 5.74) is 12.0. The van der Waals surface area contributed by atoms with E-state index in [4.69, 9.17) is 20.5 Å². The van der Waals surface area contributed by atoms with Crippen LogP contribution in [0.4, 0.5) is 0 Å². The van der Waals surface area contributed by atoms with Crippen LogP contribution in [-0.2, 0) is 16.8 Å². The molecule has 1 saturated carbocycles. The van der Waals surface area contributed by atoms with E-state index in [0.29, 0.717) is 11.9 Å². The Labute approximate surface area is 183 Å². The highest BCUT2D eigenvalue weighted by Gasteiger charge is 2.60. The maximum absolute atomic E-state index is 6.31. The highest BCUT2D eigenvalue weighted by Crippen LogP contribution is 2.62. The van der Waals surface area contributed by atoms with Crippen molar-refractivity contribution in [3.63, 3.8) is 0 Å². The molecule has 1 unspecified atom stereocenters. The van der Waals surface area contributed by atoms with Crippen LogP contribution in [0.3, 0.4) is 0 Å². The lowest BCUT2D eigenvalue weighted by atomic mass is 9.65. The van der Waals surface area contributed by atoms with Crippen molar-refractivity contribution < 1.29 is 4.74 Å². The number of aliphatic imine (C=N–C) groups is 2. The van der Waals surface area contributed by atoms with Gasteiger partial charge in [-0.1, -0.05) is 18.1 Å². The number of pyridine rings is 1. The number of amidine groups is 1. The van der Waals surface area contributed by atoms with Crippen molar-refractivity contribution in [2.24, 2.45) is 21.1 Å². The Kier molecular flexibility index (Phi) is 4.71. The van der Waals surface area contributed by atoms with Gasteiger partial charge in [0.1, 0.15) is 11.5 Å². The van der Waals surface area contributed by atoms with E-state index in [9.17, 15) is 0 Å². The molecule has 2 spiro atoms. The zero-order valence-corrected chi connectivity index (χ0v) is 18.4. The molecule has 5 heteroatoms. The Balaban J connectivity index is 1.63. The lowest BCUT2D eigenvalue weighted by Crippen LogP contribution is -2.43. The lowest BCUT2D eigenvalue weighted by molar-refractivity contribution is -0.000372. The number of nitrogens with zero attached hydrogens (tertiary/aromatic N) is 3. The molecule has 5 nitrogen and oxygen atoms in total. The summed E-state index contributed by atoms with van der Waals surface area (Å²) in [4.78, 5) is 14.6. The first-order valence-corrected chi connectivity index (χ1v) is 11.0. The Morgan fingerprint density at radius 1 is 1.10 bits per heavy atom. The van der Waals surface area contributed by atoms with Crippen molar-refractivity contribution in [2.45, 2.75) is 57.7 Å². The molecule has 158 valence electrons. The van der Waals surface area contributed by atoms with E-state index in [1.807, 2.05) is 39.3 Å². The second-order valence-corrected chi connectivity index (χ2v) is 8.94. The summed E-state index contributed by atoms with van der Waals surface area (Å²) < 4.78 is 5.66. The van der Waals surface area contributed by atoms with E-state index < -0.39 is 5.66 Å². The molecule has 1 aliphatic heterocycles. The van der Waals surface area contributed by atoms with Crippen LogP contribution in [-0.4, -0.2) is 29.7 Å². The van der Waals surface area contributed by atoms with Crippen LogP contribution in [0.25, 0.3) is 11.1 Å². The first-order chi connectivity index (χ1) is 15.0. The number of fused-ring (bicyclic) bond motifs is 3. The molecule has 0 amide bonds. The van der Waals surface area contributed by atoms with Crippen LogP contribution < -0.4 is 5.73 Å². The fourth-order valence-corrected chi connectivity index (χ4v) is 5.66. The molecule has 0 bridgehead atoms. The number of nitrogens with two attached hydrogens (primary N) is 1. The molecule has 1 atom stereocenters. The molecule has 1 aromatic carbocycles. The summed E-state index contributed by atoms with van der Waals surface area (Å²) in [6, 6.07) is 10.8. The molecule has 0 saturated heterocycles. The molecule has 2 heterocycles. The van der Waals surface area contributed by atoms with Gasteiger partial charge in [0.15, 0.2) is 5.66 Å². The van der Waals surface area contributed by atoms with Gasteiger partial charge in [0.05, 0.1) is 11.8 Å². The van der Waals surface area contributed by atoms with Gasteiger partial charge in [-0.05, 0) is 86.8 Å². The smallest absolute Gasteiger partial charge is 0.184 e. The van der Waals surface area contributed by atoms with Crippen LogP contribution in [0.2, 0.25) is 0 Å². The minimum absolute atomic E-state index is 0.0392. The number of hydrogen-bond donors (Lipinski definition) is 1. The molecule has 3 aliphatic rings. The van der Waals surface area contributed by atoms with Crippen LogP contribution in [0.5, 0.6) is 0 Å². The molecule has 0 radical (unpaired) electrons. The Bertz CT molecular complexity index is 1140. The fourth-order valence-electron chi connectivity index (χ4n) is 5.66. The zero-order chi connectivity index (χ0) is 21.6. The van der Waals surface area contributed by atoms with Gasteiger partial charge in [0.2, 0.25) is 0 Å². The standard InChI is InChI=1S/C26H28N4O/c1-4-5-21-14-19(10-13-28-21)18-6-7-20-16-25(11-8-22(31-3)9-12-25)26(23(20)15-18)29-17(2)24(27)30-26/h6-7,10,13-15,22H,8-9,11-12,16H2,1-3H3,(H2,27,30). The predicted molar refractivity (Wildman–Crippen MR) is 124 cm³/mol. The Morgan fingerprint density at radius 2 is 1.87 bits per heavy atom. The number of hydrogen-bond acceptors (Lipinski definition) is 5. The van der Waals surface area contributed by atoms with Gasteiger partial charge in [0.25, 0.3) is 0 Å². The van der Waals surface area contributed by atoms with Crippen molar-refractivity contribution in [2.75, 3.05) is 7.11 Å². The molecule has 31 heavy (non-hydrogen) atoms. The van der Waals surface area contributed by atoms with E-state index in [1.54, 1.807) is 0 Å². The summed E-state index contributed by atoms with van der Waals surface area (Å²) in [5, 5.41) is 0. The summed E-state index contributed by atoms with van der Waals surface area (Å²) >= 11 is 0. The highest BCUT2D eigenvalue weighted by molar-refractivity contribution is 6.41. The maximum atomic E-state index is 6.31. The van der Waals surface area contributed by atoms with Crippen molar-refractivity contribution >= 4 is 11.5 Å². The molecule has 2 aromatic rings. The number of ether oxygens (including phenoxy) is 1. The van der Waals surface area contributed by atoms with Crippen LogP contribution in [0.15, 0.2) is 46.5 Å². The van der Waals surface area contributed by atoms with Gasteiger partial charge in [0, 0.05) is 24.3 Å². The number of methoxy groups -OCH3 is 1.